The van der Waals surface area contributed by atoms with E-state index in [1.54, 1.807) is 6.92 Å². The van der Waals surface area contributed by atoms with Crippen LogP contribution in [0.1, 0.15) is 86.0 Å². The quantitative estimate of drug-likeness (QED) is 0.377. The Bertz CT molecular complexity index is 1040. The Balaban J connectivity index is 1.39. The van der Waals surface area contributed by atoms with Crippen LogP contribution in [0.4, 0.5) is 0 Å². The largest absolute Gasteiger partial charge is 0.394 e. The number of hydrogen-bond donors (Lipinski definition) is 5. The van der Waals surface area contributed by atoms with Crippen LogP contribution in [-0.4, -0.2) is 73.5 Å². The molecule has 4 fully saturated rings. The lowest BCUT2D eigenvalue weighted by Crippen LogP contribution is -2.65. The van der Waals surface area contributed by atoms with E-state index in [1.807, 2.05) is 13.8 Å². The third-order valence-corrected chi connectivity index (χ3v) is 13.3. The summed E-state index contributed by atoms with van der Waals surface area (Å²) in [5.41, 5.74) is -1.93. The van der Waals surface area contributed by atoms with Crippen molar-refractivity contribution in [3.63, 3.8) is 0 Å². The summed E-state index contributed by atoms with van der Waals surface area (Å²) in [4.78, 5) is 13.9. The van der Waals surface area contributed by atoms with Crippen LogP contribution in [0.25, 0.3) is 0 Å². The van der Waals surface area contributed by atoms with E-state index in [-0.39, 0.29) is 59.4 Å². The summed E-state index contributed by atoms with van der Waals surface area (Å²) in [5.74, 6) is -0.392. The molecule has 1 heterocycles. The van der Waals surface area contributed by atoms with Crippen molar-refractivity contribution in [3.05, 3.63) is 11.1 Å². The van der Waals surface area contributed by atoms with E-state index in [2.05, 4.69) is 13.8 Å². The first-order chi connectivity index (χ1) is 17.7. The number of aliphatic hydroxyl groups excluding tert-OH is 3. The lowest BCUT2D eigenvalue weighted by Gasteiger charge is -2.63. The second-order valence-corrected chi connectivity index (χ2v) is 14.8. The Morgan fingerprint density at radius 3 is 2.45 bits per heavy atom. The van der Waals surface area contributed by atoms with Gasteiger partial charge >= 0.3 is 0 Å². The van der Waals surface area contributed by atoms with Gasteiger partial charge in [0.2, 0.25) is 0 Å². The molecule has 0 aromatic heterocycles. The van der Waals surface area contributed by atoms with E-state index in [0.717, 1.165) is 24.0 Å². The molecule has 38 heavy (non-hydrogen) atoms. The molecule has 7 heteroatoms. The molecule has 0 spiro atoms. The fraction of sp³-hybridized carbons (Fsp3) is 0.903. The topological polar surface area (TPSA) is 127 Å². The van der Waals surface area contributed by atoms with Gasteiger partial charge in [0.05, 0.1) is 36.1 Å². The van der Waals surface area contributed by atoms with E-state index in [1.165, 1.54) is 0 Å². The zero-order valence-electron chi connectivity index (χ0n) is 23.7. The van der Waals surface area contributed by atoms with Gasteiger partial charge in [-0.3, -0.25) is 4.79 Å². The van der Waals surface area contributed by atoms with Gasteiger partial charge in [0.1, 0.15) is 6.10 Å². The lowest BCUT2D eigenvalue weighted by molar-refractivity contribution is -0.200. The van der Waals surface area contributed by atoms with Crippen LogP contribution in [-0.2, 0) is 9.53 Å². The van der Waals surface area contributed by atoms with E-state index in [0.29, 0.717) is 38.5 Å². The maximum atomic E-state index is 13.9. The predicted octanol–water partition coefficient (Wildman–Crippen LogP) is 2.75. The normalized spacial score (nSPS) is 54.4. The number of ketones is 1. The van der Waals surface area contributed by atoms with Crippen LogP contribution >= 0.6 is 0 Å². The van der Waals surface area contributed by atoms with Crippen molar-refractivity contribution in [2.75, 3.05) is 6.61 Å². The van der Waals surface area contributed by atoms with Gasteiger partial charge in [0.15, 0.2) is 5.78 Å². The number of aliphatic hydroxyl groups is 5. The molecule has 5 N–H and O–H groups in total. The van der Waals surface area contributed by atoms with Crippen molar-refractivity contribution in [2.45, 2.75) is 122 Å². The molecule has 7 nitrogen and oxygen atoms in total. The summed E-state index contributed by atoms with van der Waals surface area (Å²) < 4.78 is 6.08. The number of Topliss-reactive ketones (excluding diaryl/α,β-unsaturated/α-hetero) is 1. The molecule has 0 bridgehead atoms. The van der Waals surface area contributed by atoms with Gasteiger partial charge in [0.25, 0.3) is 0 Å². The van der Waals surface area contributed by atoms with Crippen LogP contribution in [0.3, 0.4) is 0 Å². The first-order valence-electron chi connectivity index (χ1n) is 15.1. The molecular weight excluding hydrogens is 484 g/mol. The highest BCUT2D eigenvalue weighted by molar-refractivity contribution is 6.00. The number of hydrogen-bond acceptors (Lipinski definition) is 7. The van der Waals surface area contributed by atoms with Crippen molar-refractivity contribution in [3.8, 4) is 0 Å². The molecule has 6 aliphatic rings. The molecule has 1 saturated heterocycles. The molecule has 0 radical (unpaired) electrons. The number of rotatable bonds is 4. The van der Waals surface area contributed by atoms with Gasteiger partial charge in [-0.1, -0.05) is 27.7 Å². The molecule has 5 aliphatic carbocycles. The van der Waals surface area contributed by atoms with Gasteiger partial charge < -0.3 is 30.3 Å². The maximum Gasteiger partial charge on any atom is 0.162 e. The van der Waals surface area contributed by atoms with Gasteiger partial charge in [-0.05, 0) is 104 Å². The fourth-order valence-electron chi connectivity index (χ4n) is 10.8. The average Bonchev–Trinajstić information content (AvgIpc) is 3.29. The van der Waals surface area contributed by atoms with Gasteiger partial charge in [-0.2, -0.15) is 0 Å². The first-order valence-corrected chi connectivity index (χ1v) is 15.1. The summed E-state index contributed by atoms with van der Waals surface area (Å²) >= 11 is 0. The van der Waals surface area contributed by atoms with Gasteiger partial charge in [-0.25, -0.2) is 0 Å². The zero-order valence-corrected chi connectivity index (χ0v) is 23.7. The average molecular weight is 533 g/mol. The van der Waals surface area contributed by atoms with E-state index in [4.69, 9.17) is 4.74 Å². The fourth-order valence-corrected chi connectivity index (χ4v) is 10.8. The summed E-state index contributed by atoms with van der Waals surface area (Å²) in [5, 5.41) is 56.9. The molecule has 1 aliphatic heterocycles. The minimum Gasteiger partial charge on any atom is -0.394 e. The van der Waals surface area contributed by atoms with E-state index < -0.39 is 34.9 Å². The van der Waals surface area contributed by atoms with Crippen molar-refractivity contribution < 1.29 is 35.1 Å². The summed E-state index contributed by atoms with van der Waals surface area (Å²) in [6, 6.07) is 0. The first kappa shape index (κ1) is 27.3. The Morgan fingerprint density at radius 1 is 1.08 bits per heavy atom. The number of carbonyl (C=O) groups is 1. The summed E-state index contributed by atoms with van der Waals surface area (Å²) in [6.45, 7) is 9.87. The van der Waals surface area contributed by atoms with Crippen LogP contribution < -0.4 is 0 Å². The summed E-state index contributed by atoms with van der Waals surface area (Å²) in [6.07, 6.45) is 2.89. The Hall–Kier alpha value is -0.830. The standard InChI is InChI=1S/C31H48O7/c1-15-16(2)26(38-22(15)14-32)27(35)30(5,36)23-12-17-6-7-19-24-20(9-11-29(23,4)31(17,24)37)28(3)10-8-18(33)13-21(28)25(19)34/h15-18,20-23,26-27,32-33,35-37H,6-14H2,1-5H3/t15-,16-,17+,18+,20+,21+,22+,23+,26+,27-,28-,29-,30+,31-/m1/s1. The molecule has 0 aromatic rings. The van der Waals surface area contributed by atoms with Crippen molar-refractivity contribution in [1.29, 1.82) is 0 Å². The smallest absolute Gasteiger partial charge is 0.162 e. The molecule has 14 atom stereocenters. The molecule has 3 saturated carbocycles. The molecule has 0 unspecified atom stereocenters. The highest BCUT2D eigenvalue weighted by atomic mass is 16.5. The number of allylic oxidation sites excluding steroid dienone is 1. The number of ether oxygens (including phenoxy) is 1. The SMILES string of the molecule is C[C@@H]1[C@@H](C)[C@H](CO)O[C@@H]1[C@@H](O)[C@@](C)(O)[C@H]1C[C@@H]2CCC3=C4[C@H](CC[C@@]1(C)[C@]42O)[C@@]1(C)CC[C@H](O)C[C@H]1C3=O. The molecule has 6 rings (SSSR count). The predicted molar refractivity (Wildman–Crippen MR) is 141 cm³/mol. The third-order valence-electron chi connectivity index (χ3n) is 13.3. The lowest BCUT2D eigenvalue weighted by atomic mass is 9.42. The third kappa shape index (κ3) is 3.21. The zero-order chi connectivity index (χ0) is 27.6. The minimum atomic E-state index is -1.52. The second kappa shape index (κ2) is 8.59. The summed E-state index contributed by atoms with van der Waals surface area (Å²) in [7, 11) is 0. The Labute approximate surface area is 226 Å². The van der Waals surface area contributed by atoms with Crippen LogP contribution in [0.5, 0.6) is 0 Å². The van der Waals surface area contributed by atoms with Crippen LogP contribution in [0.2, 0.25) is 0 Å². The molecule has 0 aromatic carbocycles. The monoisotopic (exact) mass is 532 g/mol. The van der Waals surface area contributed by atoms with E-state index >= 15 is 0 Å². The van der Waals surface area contributed by atoms with Crippen molar-refractivity contribution in [1.82, 2.24) is 0 Å². The van der Waals surface area contributed by atoms with Gasteiger partial charge in [-0.15, -0.1) is 0 Å². The Morgan fingerprint density at radius 2 is 1.79 bits per heavy atom. The minimum absolute atomic E-state index is 0.0345. The van der Waals surface area contributed by atoms with Crippen molar-refractivity contribution >= 4 is 5.78 Å². The highest BCUT2D eigenvalue weighted by Gasteiger charge is 2.74. The maximum absolute atomic E-state index is 13.9. The van der Waals surface area contributed by atoms with Crippen LogP contribution in [0, 0.1) is 46.3 Å². The van der Waals surface area contributed by atoms with Crippen LogP contribution in [0.15, 0.2) is 11.1 Å². The molecular formula is C31H48O7. The van der Waals surface area contributed by atoms with E-state index in [9.17, 15) is 30.3 Å². The second-order valence-electron chi connectivity index (χ2n) is 14.8. The Kier molecular flexibility index (Phi) is 6.18. The molecule has 0 amide bonds. The van der Waals surface area contributed by atoms with Gasteiger partial charge in [0, 0.05) is 11.3 Å². The molecule has 214 valence electrons. The highest BCUT2D eigenvalue weighted by Crippen LogP contribution is 2.73. The number of fused-ring (bicyclic) bond motifs is 2. The van der Waals surface area contributed by atoms with Crippen molar-refractivity contribution in [2.24, 2.45) is 46.3 Å². The number of carbonyl (C=O) groups excluding carboxylic acids is 1.